The third kappa shape index (κ3) is 6.29. The van der Waals surface area contributed by atoms with Crippen molar-refractivity contribution in [2.24, 2.45) is 18.9 Å². The Balaban J connectivity index is 1.03. The lowest BCUT2D eigenvalue weighted by molar-refractivity contribution is -0.0592. The number of rotatable bonds is 8. The summed E-state index contributed by atoms with van der Waals surface area (Å²) < 4.78 is 50.7. The van der Waals surface area contributed by atoms with Gasteiger partial charge in [0.05, 0.1) is 45.8 Å². The van der Waals surface area contributed by atoms with Crippen LogP contribution in [0.4, 0.5) is 8.78 Å². The van der Waals surface area contributed by atoms with Gasteiger partial charge in [-0.3, -0.25) is 28.1 Å². The van der Waals surface area contributed by atoms with Crippen molar-refractivity contribution in [3.8, 4) is 17.2 Å². The molecule has 17 heteroatoms. The molecule has 5 aromatic heterocycles. The van der Waals surface area contributed by atoms with Crippen LogP contribution in [0.5, 0.6) is 0 Å². The number of aromatic nitrogens is 9. The largest absolute Gasteiger partial charge is 0.438 e. The number of fused-ring (bicyclic) bond motifs is 3. The van der Waals surface area contributed by atoms with E-state index in [1.807, 2.05) is 11.0 Å². The Bertz CT molecular complexity index is 3470. The van der Waals surface area contributed by atoms with E-state index in [-0.39, 0.29) is 46.2 Å². The van der Waals surface area contributed by atoms with Crippen molar-refractivity contribution < 1.29 is 22.8 Å². The maximum absolute atomic E-state index is 16.2. The second-order valence-electron chi connectivity index (χ2n) is 19.9. The summed E-state index contributed by atoms with van der Waals surface area (Å²) in [6, 6.07) is 14.6. The van der Waals surface area contributed by atoms with Gasteiger partial charge in [0.1, 0.15) is 22.9 Å². The van der Waals surface area contributed by atoms with Crippen LogP contribution < -0.4 is 11.4 Å². The zero-order valence-electron chi connectivity index (χ0n) is 38.1. The van der Waals surface area contributed by atoms with Crippen molar-refractivity contribution in [3.05, 3.63) is 139 Å². The highest BCUT2D eigenvalue weighted by Crippen LogP contribution is 2.57. The summed E-state index contributed by atoms with van der Waals surface area (Å²) >= 11 is 0. The summed E-state index contributed by atoms with van der Waals surface area (Å²) in [6.07, 6.45) is 8.99. The molecule has 0 radical (unpaired) electrons. The number of aryl methyl sites for hydroxylation is 3. The van der Waals surface area contributed by atoms with E-state index in [1.54, 1.807) is 60.7 Å². The van der Waals surface area contributed by atoms with Crippen LogP contribution in [-0.4, -0.2) is 73.0 Å². The molecule has 1 N–H and O–H groups in total. The maximum Gasteiger partial charge on any atom is 0.438 e. The van der Waals surface area contributed by atoms with Crippen molar-refractivity contribution in [1.82, 2.24) is 48.3 Å². The average Bonchev–Trinajstić information content (AvgIpc) is 3.87. The molecule has 1 amide bonds. The highest BCUT2D eigenvalue weighted by atomic mass is 19.1. The third-order valence-electron chi connectivity index (χ3n) is 15.0. The number of imidazole rings is 1. The van der Waals surface area contributed by atoms with E-state index in [4.69, 9.17) is 14.4 Å². The Kier molecular flexibility index (Phi) is 9.03. The number of benzene rings is 3. The van der Waals surface area contributed by atoms with Crippen LogP contribution in [0, 0.1) is 37.3 Å². The molecule has 15 nitrogen and oxygen atoms in total. The second-order valence-corrected chi connectivity index (χ2v) is 19.9. The molecule has 344 valence electrons. The molecule has 3 aromatic carbocycles. The van der Waals surface area contributed by atoms with Crippen molar-refractivity contribution >= 4 is 27.7 Å². The Morgan fingerprint density at radius 3 is 2.37 bits per heavy atom. The monoisotopic (exact) mass is 908 g/mol. The number of nitrogens with one attached hydrogen (secondary N) is 1. The van der Waals surface area contributed by atoms with Gasteiger partial charge in [-0.05, 0) is 137 Å². The van der Waals surface area contributed by atoms with Crippen LogP contribution in [0.2, 0.25) is 0 Å². The first-order valence-electron chi connectivity index (χ1n) is 23.1. The summed E-state index contributed by atoms with van der Waals surface area (Å²) in [5, 5.41) is 14.8. The maximum atomic E-state index is 16.2. The van der Waals surface area contributed by atoms with E-state index in [0.29, 0.717) is 71.2 Å². The standard InChI is InChI=1S/C50H50F2N10O5/c1-26-19-33(20-27(2)41(26)51)62-44(60-17-16-58(48(60)65)38-12-11-37-34(42(38)52)25-53-57(37)6)40-35(55-62)13-15-59(43(40)29-7-8-29)45(63)39-22-32-21-30(31-14-18-66-49(4,5)24-31)9-10-36(32)61(39)50(23-28(50)3)46-54-47(64)67-56-46/h9-12,16-17,19-22,25,28-29,31,43H,7-8,13-15,18,23-24H2,1-6H3,(H,54,56,64)/t28-,31-,43-,50-/m0/s1. The molecule has 3 fully saturated rings. The Morgan fingerprint density at radius 1 is 0.925 bits per heavy atom. The molecular weight excluding hydrogens is 859 g/mol. The molecule has 2 aliphatic heterocycles. The van der Waals surface area contributed by atoms with Gasteiger partial charge in [-0.25, -0.2) is 23.1 Å². The highest BCUT2D eigenvalue weighted by molar-refractivity contribution is 6.00. The van der Waals surface area contributed by atoms with E-state index in [0.717, 1.165) is 42.3 Å². The first kappa shape index (κ1) is 41.5. The quantitative estimate of drug-likeness (QED) is 0.162. The van der Waals surface area contributed by atoms with Crippen LogP contribution in [0.25, 0.3) is 39.0 Å². The van der Waals surface area contributed by atoms with Crippen LogP contribution in [0.3, 0.4) is 0 Å². The highest BCUT2D eigenvalue weighted by Gasteiger charge is 2.59. The molecule has 2 saturated carbocycles. The zero-order chi connectivity index (χ0) is 46.4. The number of hydrogen-bond acceptors (Lipinski definition) is 8. The van der Waals surface area contributed by atoms with Gasteiger partial charge in [0.2, 0.25) is 0 Å². The number of halogens is 2. The Hall–Kier alpha value is -6.88. The molecule has 0 spiro atoms. The van der Waals surface area contributed by atoms with Crippen LogP contribution in [-0.2, 0) is 23.7 Å². The molecule has 0 bridgehead atoms. The van der Waals surface area contributed by atoms with Crippen LogP contribution in [0.15, 0.2) is 81.2 Å². The molecule has 1 saturated heterocycles. The predicted molar refractivity (Wildman–Crippen MR) is 244 cm³/mol. The first-order chi connectivity index (χ1) is 32.1. The summed E-state index contributed by atoms with van der Waals surface area (Å²) in [4.78, 5) is 48.0. The van der Waals surface area contributed by atoms with Crippen LogP contribution in [0.1, 0.15) is 109 Å². The number of H-pyrrole nitrogens is 1. The molecular formula is C50H50F2N10O5. The van der Waals surface area contributed by atoms with Gasteiger partial charge in [0.15, 0.2) is 11.6 Å². The van der Waals surface area contributed by atoms with Crippen molar-refractivity contribution in [2.75, 3.05) is 13.2 Å². The normalized spacial score (nSPS) is 22.5. The number of carbonyl (C=O) groups is 1. The molecule has 4 aliphatic rings. The lowest BCUT2D eigenvalue weighted by atomic mass is 9.83. The lowest BCUT2D eigenvalue weighted by Gasteiger charge is -2.37. The molecule has 7 heterocycles. The molecule has 4 atom stereocenters. The van der Waals surface area contributed by atoms with Gasteiger partial charge in [-0.2, -0.15) is 10.2 Å². The molecule has 67 heavy (non-hydrogen) atoms. The molecule has 0 unspecified atom stereocenters. The fourth-order valence-corrected chi connectivity index (χ4v) is 11.5. The number of amides is 1. The van der Waals surface area contributed by atoms with Gasteiger partial charge in [0.25, 0.3) is 5.91 Å². The lowest BCUT2D eigenvalue weighted by Crippen LogP contribution is -2.43. The van der Waals surface area contributed by atoms with Gasteiger partial charge >= 0.3 is 11.4 Å². The van der Waals surface area contributed by atoms with Gasteiger partial charge < -0.3 is 14.2 Å². The van der Waals surface area contributed by atoms with E-state index >= 15 is 13.6 Å². The van der Waals surface area contributed by atoms with E-state index < -0.39 is 28.8 Å². The van der Waals surface area contributed by atoms with E-state index in [1.165, 1.54) is 27.1 Å². The van der Waals surface area contributed by atoms with E-state index in [2.05, 4.69) is 58.8 Å². The number of hydrogen-bond donors (Lipinski definition) is 1. The minimum atomic E-state index is -0.851. The predicted octanol–water partition coefficient (Wildman–Crippen LogP) is 7.83. The Morgan fingerprint density at radius 2 is 1.67 bits per heavy atom. The SMILES string of the molecule is Cc1cc(-n2nc3c(c2-n2ccn(-c4ccc5c(cnn5C)c4F)c2=O)[C@H](C2CC2)N(C(=O)c2cc4cc([C@H]5CCOC(C)(C)C5)ccc4n2[C@@]2(c4noc(=O)[nH]4)C[C@@H]2C)CC3)cc(C)c1F. The number of carbonyl (C=O) groups excluding carboxylic acids is 1. The first-order valence-corrected chi connectivity index (χ1v) is 23.1. The topological polar surface area (TPSA) is 156 Å². The van der Waals surface area contributed by atoms with Gasteiger partial charge in [0, 0.05) is 55.5 Å². The fourth-order valence-electron chi connectivity index (χ4n) is 11.5. The third-order valence-corrected chi connectivity index (χ3v) is 15.0. The second kappa shape index (κ2) is 14.6. The van der Waals surface area contributed by atoms with Gasteiger partial charge in [-0.1, -0.05) is 18.1 Å². The number of nitrogens with zero attached hydrogens (tertiary/aromatic N) is 9. The molecule has 2 aliphatic carbocycles. The minimum absolute atomic E-state index is 0.00521. The zero-order valence-corrected chi connectivity index (χ0v) is 38.1. The minimum Gasteiger partial charge on any atom is -0.376 e. The smallest absolute Gasteiger partial charge is 0.376 e. The van der Waals surface area contributed by atoms with Crippen LogP contribution >= 0.6 is 0 Å². The van der Waals surface area contributed by atoms with Crippen molar-refractivity contribution in [3.63, 3.8) is 0 Å². The summed E-state index contributed by atoms with van der Waals surface area (Å²) in [5.41, 5.74) is 4.25. The van der Waals surface area contributed by atoms with Gasteiger partial charge in [-0.15, -0.1) is 0 Å². The Labute approximate surface area is 382 Å². The van der Waals surface area contributed by atoms with E-state index in [9.17, 15) is 9.59 Å². The fraction of sp³-hybridized carbons (Fsp3) is 0.400. The summed E-state index contributed by atoms with van der Waals surface area (Å²) in [7, 11) is 1.73. The summed E-state index contributed by atoms with van der Waals surface area (Å²) in [6.45, 7) is 10.7. The molecule has 12 rings (SSSR count). The summed E-state index contributed by atoms with van der Waals surface area (Å²) in [5.74, 6) is -0.715. The average molecular weight is 909 g/mol. The number of ether oxygens (including phenoxy) is 1. The molecule has 8 aromatic rings. The van der Waals surface area contributed by atoms with Crippen molar-refractivity contribution in [1.29, 1.82) is 0 Å². The van der Waals surface area contributed by atoms with Crippen molar-refractivity contribution in [2.45, 2.75) is 96.2 Å². The number of aromatic amines is 1.